The van der Waals surface area contributed by atoms with Gasteiger partial charge in [-0.2, -0.15) is 0 Å². The van der Waals surface area contributed by atoms with Crippen LogP contribution in [-0.4, -0.2) is 30.1 Å². The summed E-state index contributed by atoms with van der Waals surface area (Å²) in [6.45, 7) is 6.30. The molecule has 2 atom stereocenters. The van der Waals surface area contributed by atoms with E-state index in [9.17, 15) is 14.3 Å². The Labute approximate surface area is 171 Å². The van der Waals surface area contributed by atoms with E-state index in [-0.39, 0.29) is 5.82 Å². The molecule has 1 aliphatic heterocycles. The maximum atomic E-state index is 13.7. The van der Waals surface area contributed by atoms with Gasteiger partial charge in [0.15, 0.2) is 12.4 Å². The Kier molecular flexibility index (Phi) is 6.83. The van der Waals surface area contributed by atoms with Crippen LogP contribution in [0.2, 0.25) is 0 Å². The van der Waals surface area contributed by atoms with Gasteiger partial charge in [-0.3, -0.25) is 0 Å². The van der Waals surface area contributed by atoms with Gasteiger partial charge in [-0.1, -0.05) is 29.8 Å². The maximum Gasteiger partial charge on any atom is 0.337 e. The first kappa shape index (κ1) is 21.2. The number of benzene rings is 2. The molecule has 0 spiro atoms. The number of ether oxygens (including phenoxy) is 2. The molecule has 3 rings (SSSR count). The number of aryl methyl sites for hydroxylation is 3. The van der Waals surface area contributed by atoms with Crippen LogP contribution in [0.5, 0.6) is 0 Å². The minimum atomic E-state index is -1.10. The van der Waals surface area contributed by atoms with Gasteiger partial charge in [0.1, 0.15) is 5.82 Å². The molecule has 1 N–H and O–H groups in total. The smallest absolute Gasteiger partial charge is 0.337 e. The highest BCUT2D eigenvalue weighted by molar-refractivity contribution is 5.81. The van der Waals surface area contributed by atoms with Gasteiger partial charge in [-0.25, -0.2) is 9.18 Å². The minimum Gasteiger partial charge on any atom is -0.479 e. The zero-order valence-electron chi connectivity index (χ0n) is 17.1. The second-order valence-corrected chi connectivity index (χ2v) is 7.56. The fourth-order valence-electron chi connectivity index (χ4n) is 3.60. The molecule has 1 aliphatic rings. The molecule has 2 aromatic rings. The van der Waals surface area contributed by atoms with Crippen molar-refractivity contribution in [2.45, 2.75) is 52.4 Å². The second kappa shape index (κ2) is 9.33. The lowest BCUT2D eigenvalue weighted by atomic mass is 9.92. The van der Waals surface area contributed by atoms with E-state index < -0.39 is 18.4 Å². The molecule has 29 heavy (non-hydrogen) atoms. The summed E-state index contributed by atoms with van der Waals surface area (Å²) < 4.78 is 24.9. The first-order valence-electron chi connectivity index (χ1n) is 9.91. The lowest BCUT2D eigenvalue weighted by Gasteiger charge is -2.24. The molecule has 1 saturated heterocycles. The number of rotatable bonds is 6. The molecule has 0 bridgehead atoms. The number of carbonyl (C=O) groups is 1. The molecule has 0 aliphatic carbocycles. The van der Waals surface area contributed by atoms with Gasteiger partial charge >= 0.3 is 5.97 Å². The molecule has 0 amide bonds. The molecular weight excluding hydrogens is 371 g/mol. The molecule has 0 saturated carbocycles. The summed E-state index contributed by atoms with van der Waals surface area (Å²) in [6, 6.07) is 9.08. The van der Waals surface area contributed by atoms with Crippen molar-refractivity contribution < 1.29 is 23.8 Å². The Hall–Kier alpha value is -2.50. The summed E-state index contributed by atoms with van der Waals surface area (Å²) in [4.78, 5) is 11.7. The van der Waals surface area contributed by atoms with Crippen LogP contribution >= 0.6 is 0 Å². The van der Waals surface area contributed by atoms with E-state index in [0.29, 0.717) is 18.6 Å². The van der Waals surface area contributed by atoms with Crippen molar-refractivity contribution in [2.24, 2.45) is 0 Å². The van der Waals surface area contributed by atoms with E-state index in [0.717, 1.165) is 40.7 Å². The van der Waals surface area contributed by atoms with Crippen molar-refractivity contribution in [3.63, 3.8) is 0 Å². The van der Waals surface area contributed by atoms with Gasteiger partial charge in [0.25, 0.3) is 0 Å². The highest BCUT2D eigenvalue weighted by Crippen LogP contribution is 2.30. The normalized spacial score (nSPS) is 18.1. The van der Waals surface area contributed by atoms with Crippen molar-refractivity contribution in [3.8, 4) is 11.1 Å². The lowest BCUT2D eigenvalue weighted by Crippen LogP contribution is -2.31. The summed E-state index contributed by atoms with van der Waals surface area (Å²) >= 11 is 0. The van der Waals surface area contributed by atoms with E-state index in [1.54, 1.807) is 25.1 Å². The first-order valence-corrected chi connectivity index (χ1v) is 9.91. The summed E-state index contributed by atoms with van der Waals surface area (Å²) in [5, 5.41) is 9.58. The minimum absolute atomic E-state index is 0.248. The number of carboxylic acid groups (broad SMARTS) is 1. The molecule has 0 radical (unpaired) electrons. The van der Waals surface area contributed by atoms with E-state index in [2.05, 4.69) is 0 Å². The number of carboxylic acids is 1. The van der Waals surface area contributed by atoms with Gasteiger partial charge in [-0.15, -0.1) is 0 Å². The largest absolute Gasteiger partial charge is 0.479 e. The summed E-state index contributed by atoms with van der Waals surface area (Å²) in [5.74, 6) is -1.30. The zero-order chi connectivity index (χ0) is 21.0. The number of hydrogen-bond donors (Lipinski definition) is 1. The van der Waals surface area contributed by atoms with Crippen molar-refractivity contribution in [1.29, 1.82) is 0 Å². The van der Waals surface area contributed by atoms with E-state index in [1.807, 2.05) is 32.0 Å². The van der Waals surface area contributed by atoms with Crippen molar-refractivity contribution >= 4 is 12.0 Å². The third kappa shape index (κ3) is 5.31. The fourth-order valence-corrected chi connectivity index (χ4v) is 3.60. The quantitative estimate of drug-likeness (QED) is 0.705. The molecule has 0 aromatic heterocycles. The molecule has 4 nitrogen and oxygen atoms in total. The van der Waals surface area contributed by atoms with Crippen LogP contribution in [0.15, 0.2) is 36.4 Å². The standard InChI is InChI=1S/C24H27FO4/c1-15-12-16(2)19(20(13-15)18-7-9-21(25)17(3)14-18)8-10-22(24(26)27)29-23-6-4-5-11-28-23/h7-10,12-14,22-23H,4-6,11H2,1-3H3,(H,26,27). The molecule has 2 aromatic carbocycles. The van der Waals surface area contributed by atoms with Crippen LogP contribution in [0.1, 0.15) is 41.5 Å². The predicted octanol–water partition coefficient (Wildman–Crippen LogP) is 5.43. The van der Waals surface area contributed by atoms with E-state index >= 15 is 0 Å². The summed E-state index contributed by atoms with van der Waals surface area (Å²) in [7, 11) is 0. The summed E-state index contributed by atoms with van der Waals surface area (Å²) in [6.07, 6.45) is 4.38. The molecular formula is C24H27FO4. The van der Waals surface area contributed by atoms with Gasteiger partial charge in [-0.05, 0) is 86.1 Å². The van der Waals surface area contributed by atoms with Crippen LogP contribution in [0.4, 0.5) is 4.39 Å². The van der Waals surface area contributed by atoms with Crippen LogP contribution < -0.4 is 0 Å². The average Bonchev–Trinajstić information content (AvgIpc) is 2.68. The molecule has 5 heteroatoms. The molecule has 1 heterocycles. The summed E-state index contributed by atoms with van der Waals surface area (Å²) in [5.41, 5.74) is 5.37. The first-order chi connectivity index (χ1) is 13.8. The van der Waals surface area contributed by atoms with Crippen molar-refractivity contribution in [2.75, 3.05) is 6.61 Å². The van der Waals surface area contributed by atoms with Crippen molar-refractivity contribution in [1.82, 2.24) is 0 Å². The maximum absolute atomic E-state index is 13.7. The number of halogens is 1. The third-order valence-corrected chi connectivity index (χ3v) is 5.12. The molecule has 2 unspecified atom stereocenters. The zero-order valence-corrected chi connectivity index (χ0v) is 17.1. The number of hydrogen-bond acceptors (Lipinski definition) is 3. The van der Waals surface area contributed by atoms with Crippen LogP contribution in [-0.2, 0) is 14.3 Å². The average molecular weight is 398 g/mol. The Morgan fingerprint density at radius 2 is 2.00 bits per heavy atom. The topological polar surface area (TPSA) is 55.8 Å². The SMILES string of the molecule is Cc1cc(C)c(C=CC(OC2CCCCO2)C(=O)O)c(-c2ccc(F)c(C)c2)c1. The second-order valence-electron chi connectivity index (χ2n) is 7.56. The van der Waals surface area contributed by atoms with Crippen LogP contribution in [0.3, 0.4) is 0 Å². The Bertz CT molecular complexity index is 913. The Morgan fingerprint density at radius 1 is 1.21 bits per heavy atom. The van der Waals surface area contributed by atoms with Crippen LogP contribution in [0.25, 0.3) is 17.2 Å². The van der Waals surface area contributed by atoms with Crippen LogP contribution in [0, 0.1) is 26.6 Å². The monoisotopic (exact) mass is 398 g/mol. The Balaban J connectivity index is 1.93. The van der Waals surface area contributed by atoms with Crippen molar-refractivity contribution in [3.05, 3.63) is 64.5 Å². The van der Waals surface area contributed by atoms with Gasteiger partial charge in [0.05, 0.1) is 0 Å². The third-order valence-electron chi connectivity index (χ3n) is 5.12. The highest BCUT2D eigenvalue weighted by Gasteiger charge is 2.23. The van der Waals surface area contributed by atoms with E-state index in [4.69, 9.17) is 9.47 Å². The lowest BCUT2D eigenvalue weighted by molar-refractivity contribution is -0.192. The van der Waals surface area contributed by atoms with E-state index in [1.165, 1.54) is 6.07 Å². The van der Waals surface area contributed by atoms with Gasteiger partial charge in [0, 0.05) is 6.61 Å². The van der Waals surface area contributed by atoms with Gasteiger partial charge < -0.3 is 14.6 Å². The molecule has 1 fully saturated rings. The number of aliphatic carboxylic acids is 1. The molecule has 154 valence electrons. The van der Waals surface area contributed by atoms with Gasteiger partial charge in [0.2, 0.25) is 0 Å². The highest BCUT2D eigenvalue weighted by atomic mass is 19.1. The Morgan fingerprint density at radius 3 is 2.66 bits per heavy atom. The predicted molar refractivity (Wildman–Crippen MR) is 111 cm³/mol. The fraction of sp³-hybridized carbons (Fsp3) is 0.375.